The van der Waals surface area contributed by atoms with Crippen LogP contribution in [0.4, 0.5) is 0 Å². The molecule has 0 bridgehead atoms. The SMILES string of the molecule is CCC[S@](=N)(=O)[C@@H](C)CC. The summed E-state index contributed by atoms with van der Waals surface area (Å²) in [6, 6.07) is 0. The number of rotatable bonds is 4. The zero-order valence-electron chi connectivity index (χ0n) is 7.02. The van der Waals surface area contributed by atoms with Gasteiger partial charge in [-0.3, -0.25) is 4.78 Å². The van der Waals surface area contributed by atoms with Crippen molar-refractivity contribution in [2.24, 2.45) is 0 Å². The lowest BCUT2D eigenvalue weighted by molar-refractivity contribution is 0.659. The Morgan fingerprint density at radius 2 is 2.00 bits per heavy atom. The first kappa shape index (κ1) is 9.95. The van der Waals surface area contributed by atoms with Gasteiger partial charge in [-0.25, -0.2) is 4.21 Å². The highest BCUT2D eigenvalue weighted by Crippen LogP contribution is 2.07. The number of hydrogen-bond acceptors (Lipinski definition) is 2. The third kappa shape index (κ3) is 2.69. The predicted octanol–water partition coefficient (Wildman–Crippen LogP) is 2.24. The highest BCUT2D eigenvalue weighted by Gasteiger charge is 2.12. The van der Waals surface area contributed by atoms with E-state index in [1.54, 1.807) is 0 Å². The highest BCUT2D eigenvalue weighted by atomic mass is 32.2. The fraction of sp³-hybridized carbons (Fsp3) is 1.00. The molecule has 2 nitrogen and oxygen atoms in total. The van der Waals surface area contributed by atoms with Crippen molar-refractivity contribution >= 4 is 9.73 Å². The molecule has 0 aliphatic heterocycles. The van der Waals surface area contributed by atoms with E-state index in [0.717, 1.165) is 12.8 Å². The molecule has 0 saturated carbocycles. The first-order chi connectivity index (χ1) is 4.54. The summed E-state index contributed by atoms with van der Waals surface area (Å²) in [6.45, 7) is 5.84. The molecule has 0 amide bonds. The van der Waals surface area contributed by atoms with Gasteiger partial charge in [0.05, 0.1) is 0 Å². The van der Waals surface area contributed by atoms with Gasteiger partial charge in [0.25, 0.3) is 0 Å². The maximum absolute atomic E-state index is 11.4. The van der Waals surface area contributed by atoms with E-state index in [2.05, 4.69) is 0 Å². The highest BCUT2D eigenvalue weighted by molar-refractivity contribution is 7.92. The Bertz CT molecular complexity index is 172. The molecule has 0 aliphatic rings. The van der Waals surface area contributed by atoms with Gasteiger partial charge in [0.15, 0.2) is 0 Å². The molecular formula is C7H17NOS. The van der Waals surface area contributed by atoms with Gasteiger partial charge in [-0.1, -0.05) is 13.8 Å². The van der Waals surface area contributed by atoms with E-state index < -0.39 is 9.73 Å². The van der Waals surface area contributed by atoms with Gasteiger partial charge in [0, 0.05) is 20.7 Å². The molecule has 1 N–H and O–H groups in total. The number of hydrogen-bond donors (Lipinski definition) is 1. The van der Waals surface area contributed by atoms with Gasteiger partial charge < -0.3 is 0 Å². The summed E-state index contributed by atoms with van der Waals surface area (Å²) in [7, 11) is -2.26. The summed E-state index contributed by atoms with van der Waals surface area (Å²) >= 11 is 0. The average Bonchev–Trinajstić information content (AvgIpc) is 1.86. The van der Waals surface area contributed by atoms with Gasteiger partial charge in [-0.05, 0) is 19.8 Å². The summed E-state index contributed by atoms with van der Waals surface area (Å²) in [5, 5.41) is 0.0625. The van der Waals surface area contributed by atoms with Gasteiger partial charge in [-0.15, -0.1) is 0 Å². The largest absolute Gasteiger partial charge is 0.253 e. The molecule has 0 unspecified atom stereocenters. The molecule has 0 spiro atoms. The standard InChI is InChI=1S/C7H17NOS/c1-4-6-10(8,9)7(3)5-2/h7-8H,4-6H2,1-3H3/t7-,10-/m0/s1. The molecule has 0 rings (SSSR count). The van der Waals surface area contributed by atoms with E-state index >= 15 is 0 Å². The van der Waals surface area contributed by atoms with Crippen LogP contribution in [0.1, 0.15) is 33.6 Å². The fourth-order valence-electron chi connectivity index (χ4n) is 0.774. The second-order valence-electron chi connectivity index (χ2n) is 2.65. The molecule has 2 atom stereocenters. The first-order valence-electron chi connectivity index (χ1n) is 3.79. The molecule has 0 aromatic rings. The summed E-state index contributed by atoms with van der Waals surface area (Å²) < 4.78 is 18.8. The van der Waals surface area contributed by atoms with Crippen molar-refractivity contribution in [3.8, 4) is 0 Å². The van der Waals surface area contributed by atoms with Crippen molar-refractivity contribution in [2.45, 2.75) is 38.9 Å². The molecule has 0 aromatic carbocycles. The molecule has 3 heteroatoms. The van der Waals surface area contributed by atoms with E-state index in [9.17, 15) is 4.21 Å². The van der Waals surface area contributed by atoms with Crippen molar-refractivity contribution < 1.29 is 4.21 Å². The minimum Gasteiger partial charge on any atom is -0.253 e. The second-order valence-corrected chi connectivity index (χ2v) is 5.31. The minimum atomic E-state index is -2.26. The van der Waals surface area contributed by atoms with Crippen molar-refractivity contribution in [2.75, 3.05) is 5.75 Å². The molecule has 0 radical (unpaired) electrons. The van der Waals surface area contributed by atoms with Crippen LogP contribution in [-0.2, 0) is 9.73 Å². The lowest BCUT2D eigenvalue weighted by atomic mass is 10.4. The van der Waals surface area contributed by atoms with Crippen molar-refractivity contribution in [1.29, 1.82) is 4.78 Å². The maximum atomic E-state index is 11.4. The van der Waals surface area contributed by atoms with Crippen LogP contribution in [0, 0.1) is 4.78 Å². The maximum Gasteiger partial charge on any atom is 0.0467 e. The lowest BCUT2D eigenvalue weighted by Gasteiger charge is -2.11. The lowest BCUT2D eigenvalue weighted by Crippen LogP contribution is -2.18. The molecular weight excluding hydrogens is 146 g/mol. The zero-order chi connectivity index (χ0) is 8.20. The van der Waals surface area contributed by atoms with Crippen molar-refractivity contribution in [1.82, 2.24) is 0 Å². The van der Waals surface area contributed by atoms with Crippen LogP contribution in [0.3, 0.4) is 0 Å². The number of nitrogens with one attached hydrogen (secondary N) is 1. The normalized spacial score (nSPS) is 19.9. The van der Waals surface area contributed by atoms with E-state index in [1.165, 1.54) is 0 Å². The summed E-state index contributed by atoms with van der Waals surface area (Å²) in [5.41, 5.74) is 0. The van der Waals surface area contributed by atoms with Crippen LogP contribution in [0.5, 0.6) is 0 Å². The average molecular weight is 163 g/mol. The van der Waals surface area contributed by atoms with Crippen molar-refractivity contribution in [3.05, 3.63) is 0 Å². The minimum absolute atomic E-state index is 0.0625. The quantitative estimate of drug-likeness (QED) is 0.678. The van der Waals surface area contributed by atoms with Gasteiger partial charge in [0.2, 0.25) is 0 Å². The Labute approximate surface area is 64.0 Å². The van der Waals surface area contributed by atoms with Crippen LogP contribution in [-0.4, -0.2) is 15.2 Å². The monoisotopic (exact) mass is 163 g/mol. The van der Waals surface area contributed by atoms with E-state index in [0.29, 0.717) is 5.75 Å². The third-order valence-corrected chi connectivity index (χ3v) is 4.38. The molecule has 10 heavy (non-hydrogen) atoms. The molecule has 62 valence electrons. The van der Waals surface area contributed by atoms with Gasteiger partial charge in [0.1, 0.15) is 0 Å². The molecule has 0 fully saturated rings. The van der Waals surface area contributed by atoms with Crippen LogP contribution in [0.2, 0.25) is 0 Å². The fourth-order valence-corrected chi connectivity index (χ4v) is 2.32. The molecule has 0 heterocycles. The smallest absolute Gasteiger partial charge is 0.0467 e. The van der Waals surface area contributed by atoms with E-state index in [-0.39, 0.29) is 5.25 Å². The summed E-state index contributed by atoms with van der Waals surface area (Å²) in [5.74, 6) is 0.558. The predicted molar refractivity (Wildman–Crippen MR) is 45.8 cm³/mol. The van der Waals surface area contributed by atoms with Gasteiger partial charge in [-0.2, -0.15) is 0 Å². The topological polar surface area (TPSA) is 40.9 Å². The first-order valence-corrected chi connectivity index (χ1v) is 5.59. The Morgan fingerprint density at radius 1 is 1.50 bits per heavy atom. The van der Waals surface area contributed by atoms with Crippen LogP contribution in [0.15, 0.2) is 0 Å². The van der Waals surface area contributed by atoms with E-state index in [4.69, 9.17) is 4.78 Å². The molecule has 0 aliphatic carbocycles. The zero-order valence-corrected chi connectivity index (χ0v) is 7.83. The Balaban J connectivity index is 4.12. The van der Waals surface area contributed by atoms with E-state index in [1.807, 2.05) is 20.8 Å². The molecule has 0 saturated heterocycles. The Hall–Kier alpha value is -0.0500. The Morgan fingerprint density at radius 3 is 2.30 bits per heavy atom. The Kier molecular flexibility index (Phi) is 3.94. The van der Waals surface area contributed by atoms with Gasteiger partial charge >= 0.3 is 0 Å². The van der Waals surface area contributed by atoms with Crippen LogP contribution in [0.25, 0.3) is 0 Å². The summed E-state index contributed by atoms with van der Waals surface area (Å²) in [6.07, 6.45) is 1.70. The third-order valence-electron chi connectivity index (χ3n) is 1.73. The molecule has 0 aromatic heterocycles. The van der Waals surface area contributed by atoms with Crippen molar-refractivity contribution in [3.63, 3.8) is 0 Å². The second kappa shape index (κ2) is 3.96. The summed E-state index contributed by atoms with van der Waals surface area (Å²) in [4.78, 5) is 0. The van der Waals surface area contributed by atoms with Crippen LogP contribution >= 0.6 is 0 Å². The van der Waals surface area contributed by atoms with Crippen LogP contribution < -0.4 is 0 Å².